The van der Waals surface area contributed by atoms with Crippen molar-refractivity contribution in [3.05, 3.63) is 46.2 Å². The van der Waals surface area contributed by atoms with Crippen LogP contribution in [-0.2, 0) is 6.42 Å². The van der Waals surface area contributed by atoms with Crippen LogP contribution in [0.25, 0.3) is 0 Å². The van der Waals surface area contributed by atoms with Crippen LogP contribution in [0.5, 0.6) is 5.75 Å². The second kappa shape index (κ2) is 5.90. The molecule has 6 heteroatoms. The lowest BCUT2D eigenvalue weighted by atomic mass is 10.0. The Morgan fingerprint density at radius 1 is 1.56 bits per heavy atom. The monoisotopic (exact) mass is 267 g/mol. The first-order valence-electron chi connectivity index (χ1n) is 5.42. The summed E-state index contributed by atoms with van der Waals surface area (Å²) in [7, 11) is 1.44. The van der Waals surface area contributed by atoms with E-state index in [9.17, 15) is 4.39 Å². The first-order chi connectivity index (χ1) is 8.74. The second-order valence-electron chi connectivity index (χ2n) is 3.74. The first-order valence-corrected chi connectivity index (χ1v) is 6.30. The summed E-state index contributed by atoms with van der Waals surface area (Å²) in [4.78, 5) is 4.19. The number of nitrogens with two attached hydrogens (primary N) is 1. The smallest absolute Gasteiger partial charge is 0.165 e. The molecule has 0 aliphatic rings. The van der Waals surface area contributed by atoms with Gasteiger partial charge in [-0.15, -0.1) is 11.3 Å². The second-order valence-corrected chi connectivity index (χ2v) is 4.72. The van der Waals surface area contributed by atoms with Gasteiger partial charge in [-0.25, -0.2) is 9.37 Å². The number of ether oxygens (including phenoxy) is 1. The normalized spacial score (nSPS) is 12.4. The number of thiazole rings is 1. The van der Waals surface area contributed by atoms with Crippen molar-refractivity contribution < 1.29 is 9.13 Å². The van der Waals surface area contributed by atoms with E-state index in [1.54, 1.807) is 29.7 Å². The molecule has 0 saturated heterocycles. The standard InChI is InChI=1S/C12H14FN3OS/c1-17-11-3-2-8(6-9(11)13)10(16-14)7-12-15-4-5-18-12/h2-6,10,16H,7,14H2,1H3. The minimum absolute atomic E-state index is 0.170. The molecule has 2 aromatic rings. The number of hydrogen-bond donors (Lipinski definition) is 2. The van der Waals surface area contributed by atoms with Gasteiger partial charge in [0.05, 0.1) is 18.2 Å². The lowest BCUT2D eigenvalue weighted by Crippen LogP contribution is -2.29. The molecule has 0 saturated carbocycles. The number of aromatic nitrogens is 1. The highest BCUT2D eigenvalue weighted by Crippen LogP contribution is 2.24. The molecule has 0 fully saturated rings. The quantitative estimate of drug-likeness (QED) is 0.643. The zero-order valence-electron chi connectivity index (χ0n) is 9.89. The minimum atomic E-state index is -0.394. The van der Waals surface area contributed by atoms with Crippen molar-refractivity contribution in [3.63, 3.8) is 0 Å². The van der Waals surface area contributed by atoms with Crippen molar-refractivity contribution >= 4 is 11.3 Å². The molecule has 0 aliphatic heterocycles. The highest BCUT2D eigenvalue weighted by atomic mass is 32.1. The molecule has 1 aromatic carbocycles. The maximum absolute atomic E-state index is 13.6. The van der Waals surface area contributed by atoms with Crippen LogP contribution in [-0.4, -0.2) is 12.1 Å². The molecule has 2 rings (SSSR count). The maximum Gasteiger partial charge on any atom is 0.165 e. The molecule has 0 spiro atoms. The summed E-state index contributed by atoms with van der Waals surface area (Å²) in [5, 5.41) is 2.85. The van der Waals surface area contributed by atoms with Gasteiger partial charge in [-0.1, -0.05) is 6.07 Å². The van der Waals surface area contributed by atoms with Crippen LogP contribution in [0.4, 0.5) is 4.39 Å². The molecule has 1 atom stereocenters. The van der Waals surface area contributed by atoms with Gasteiger partial charge in [-0.05, 0) is 17.7 Å². The van der Waals surface area contributed by atoms with Gasteiger partial charge in [0.15, 0.2) is 11.6 Å². The Kier molecular flexibility index (Phi) is 4.24. The summed E-state index contributed by atoms with van der Waals surface area (Å²) in [5.41, 5.74) is 3.45. The molecular weight excluding hydrogens is 253 g/mol. The van der Waals surface area contributed by atoms with Crippen LogP contribution in [0.15, 0.2) is 29.8 Å². The van der Waals surface area contributed by atoms with Gasteiger partial charge in [0.25, 0.3) is 0 Å². The lowest BCUT2D eigenvalue weighted by molar-refractivity contribution is 0.385. The Labute approximate surface area is 109 Å². The Morgan fingerprint density at radius 2 is 2.39 bits per heavy atom. The summed E-state index contributed by atoms with van der Waals surface area (Å²) >= 11 is 1.55. The van der Waals surface area contributed by atoms with Crippen LogP contribution >= 0.6 is 11.3 Å². The van der Waals surface area contributed by atoms with Crippen LogP contribution in [0.3, 0.4) is 0 Å². The number of methoxy groups -OCH3 is 1. The Hall–Kier alpha value is -1.50. The Bertz CT molecular complexity index is 504. The summed E-state index contributed by atoms with van der Waals surface area (Å²) < 4.78 is 18.5. The van der Waals surface area contributed by atoms with Crippen molar-refractivity contribution in [1.29, 1.82) is 0 Å². The number of hydrogen-bond acceptors (Lipinski definition) is 5. The zero-order chi connectivity index (χ0) is 13.0. The molecular formula is C12H14FN3OS. The summed E-state index contributed by atoms with van der Waals surface area (Å²) in [6.07, 6.45) is 2.36. The molecule has 0 bridgehead atoms. The summed E-state index contributed by atoms with van der Waals surface area (Å²) in [6.45, 7) is 0. The molecule has 0 amide bonds. The van der Waals surface area contributed by atoms with Gasteiger partial charge in [-0.2, -0.15) is 0 Å². The van der Waals surface area contributed by atoms with E-state index in [2.05, 4.69) is 10.4 Å². The summed E-state index contributed by atoms with van der Waals surface area (Å²) in [6, 6.07) is 4.64. The third-order valence-electron chi connectivity index (χ3n) is 2.64. The maximum atomic E-state index is 13.6. The highest BCUT2D eigenvalue weighted by Gasteiger charge is 2.14. The molecule has 1 unspecified atom stereocenters. The third kappa shape index (κ3) is 2.84. The average Bonchev–Trinajstić information content (AvgIpc) is 2.88. The molecule has 96 valence electrons. The van der Waals surface area contributed by atoms with E-state index in [1.165, 1.54) is 13.2 Å². The van der Waals surface area contributed by atoms with Gasteiger partial charge < -0.3 is 4.74 Å². The van der Waals surface area contributed by atoms with E-state index in [0.29, 0.717) is 6.42 Å². The average molecular weight is 267 g/mol. The number of hydrazine groups is 1. The minimum Gasteiger partial charge on any atom is -0.494 e. The van der Waals surface area contributed by atoms with Gasteiger partial charge >= 0.3 is 0 Å². The van der Waals surface area contributed by atoms with Gasteiger partial charge in [-0.3, -0.25) is 11.3 Å². The number of nitrogens with one attached hydrogen (secondary N) is 1. The highest BCUT2D eigenvalue weighted by molar-refractivity contribution is 7.09. The van der Waals surface area contributed by atoms with Crippen LogP contribution in [0.1, 0.15) is 16.6 Å². The third-order valence-corrected chi connectivity index (χ3v) is 3.44. The fraction of sp³-hybridized carbons (Fsp3) is 0.250. The number of benzene rings is 1. The largest absolute Gasteiger partial charge is 0.494 e. The van der Waals surface area contributed by atoms with E-state index in [0.717, 1.165) is 10.6 Å². The predicted molar refractivity (Wildman–Crippen MR) is 68.8 cm³/mol. The SMILES string of the molecule is COc1ccc(C(Cc2nccs2)NN)cc1F. The van der Waals surface area contributed by atoms with E-state index in [1.807, 2.05) is 5.38 Å². The Balaban J connectivity index is 2.19. The van der Waals surface area contributed by atoms with Crippen molar-refractivity contribution in [3.8, 4) is 5.75 Å². The van der Waals surface area contributed by atoms with Gasteiger partial charge in [0.1, 0.15) is 0 Å². The van der Waals surface area contributed by atoms with Crippen LogP contribution < -0.4 is 16.0 Å². The molecule has 0 aliphatic carbocycles. The van der Waals surface area contributed by atoms with Crippen LogP contribution in [0, 0.1) is 5.82 Å². The number of rotatable bonds is 5. The number of nitrogens with zero attached hydrogens (tertiary/aromatic N) is 1. The van der Waals surface area contributed by atoms with E-state index < -0.39 is 5.82 Å². The topological polar surface area (TPSA) is 60.2 Å². The first kappa shape index (κ1) is 12.9. The van der Waals surface area contributed by atoms with Crippen LogP contribution in [0.2, 0.25) is 0 Å². The van der Waals surface area contributed by atoms with Crippen molar-refractivity contribution in [2.75, 3.05) is 7.11 Å². The number of halogens is 1. The summed E-state index contributed by atoms with van der Waals surface area (Å²) in [5.74, 6) is 5.35. The fourth-order valence-electron chi connectivity index (χ4n) is 1.70. The van der Waals surface area contributed by atoms with Crippen molar-refractivity contribution in [1.82, 2.24) is 10.4 Å². The van der Waals surface area contributed by atoms with Crippen molar-refractivity contribution in [2.45, 2.75) is 12.5 Å². The lowest BCUT2D eigenvalue weighted by Gasteiger charge is -2.15. The molecule has 1 heterocycles. The molecule has 4 nitrogen and oxygen atoms in total. The van der Waals surface area contributed by atoms with E-state index >= 15 is 0 Å². The van der Waals surface area contributed by atoms with Gasteiger partial charge in [0, 0.05) is 18.0 Å². The zero-order valence-corrected chi connectivity index (χ0v) is 10.7. The van der Waals surface area contributed by atoms with E-state index in [4.69, 9.17) is 10.6 Å². The molecule has 3 N–H and O–H groups in total. The fourth-order valence-corrected chi connectivity index (χ4v) is 2.36. The Morgan fingerprint density at radius 3 is 2.94 bits per heavy atom. The van der Waals surface area contributed by atoms with Gasteiger partial charge in [0.2, 0.25) is 0 Å². The molecule has 0 radical (unpaired) electrons. The molecule has 18 heavy (non-hydrogen) atoms. The van der Waals surface area contributed by atoms with E-state index in [-0.39, 0.29) is 11.8 Å². The predicted octanol–water partition coefficient (Wildman–Crippen LogP) is 2.04. The van der Waals surface area contributed by atoms with Crippen molar-refractivity contribution in [2.24, 2.45) is 5.84 Å². The molecule has 1 aromatic heterocycles.